The van der Waals surface area contributed by atoms with Crippen LogP contribution in [0.15, 0.2) is 36.8 Å². The maximum absolute atomic E-state index is 6.15. The normalized spacial score (nSPS) is 16.5. The molecular formula is C18H22N6O2. The second-order valence-corrected chi connectivity index (χ2v) is 6.11. The number of nitrogens with one attached hydrogen (secondary N) is 2. The molecule has 1 atom stereocenters. The minimum Gasteiger partial charge on any atom is -0.475 e. The van der Waals surface area contributed by atoms with E-state index in [2.05, 4.69) is 37.1 Å². The molecule has 0 saturated carbocycles. The molecule has 2 N–H and O–H groups in total. The second-order valence-electron chi connectivity index (χ2n) is 6.11. The second kappa shape index (κ2) is 7.67. The Hall–Kier alpha value is -2.71. The zero-order chi connectivity index (χ0) is 17.8. The summed E-state index contributed by atoms with van der Waals surface area (Å²) in [4.78, 5) is 18.1. The average molecular weight is 354 g/mol. The lowest BCUT2D eigenvalue weighted by Gasteiger charge is -2.33. The summed E-state index contributed by atoms with van der Waals surface area (Å²) in [5.41, 5.74) is 2.35. The zero-order valence-electron chi connectivity index (χ0n) is 14.7. The van der Waals surface area contributed by atoms with Crippen LogP contribution in [0.1, 0.15) is 13.3 Å². The molecule has 1 unspecified atom stereocenters. The predicted octanol–water partition coefficient (Wildman–Crippen LogP) is 2.54. The number of hydrogen-bond acceptors (Lipinski definition) is 7. The number of morpholine rings is 1. The first kappa shape index (κ1) is 16.7. The summed E-state index contributed by atoms with van der Waals surface area (Å²) in [7, 11) is 0. The quantitative estimate of drug-likeness (QED) is 0.703. The minimum absolute atomic E-state index is 0.0723. The van der Waals surface area contributed by atoms with Crippen molar-refractivity contribution in [3.63, 3.8) is 0 Å². The van der Waals surface area contributed by atoms with Crippen LogP contribution in [-0.2, 0) is 4.74 Å². The first-order valence-electron chi connectivity index (χ1n) is 8.83. The van der Waals surface area contributed by atoms with Crippen molar-refractivity contribution < 1.29 is 9.47 Å². The van der Waals surface area contributed by atoms with Crippen molar-refractivity contribution in [1.29, 1.82) is 0 Å². The predicted molar refractivity (Wildman–Crippen MR) is 98.5 cm³/mol. The number of nitrogens with zero attached hydrogens (tertiary/aromatic N) is 4. The van der Waals surface area contributed by atoms with E-state index in [0.717, 1.165) is 49.7 Å². The van der Waals surface area contributed by atoms with Crippen LogP contribution in [0.3, 0.4) is 0 Å². The van der Waals surface area contributed by atoms with Gasteiger partial charge in [-0.2, -0.15) is 4.98 Å². The molecule has 136 valence electrons. The van der Waals surface area contributed by atoms with Gasteiger partial charge >= 0.3 is 0 Å². The van der Waals surface area contributed by atoms with Gasteiger partial charge in [-0.1, -0.05) is 6.92 Å². The molecule has 2 aromatic heterocycles. The fourth-order valence-electron chi connectivity index (χ4n) is 2.98. The molecule has 3 heterocycles. The fraction of sp³-hybridized carbons (Fsp3) is 0.389. The molecule has 8 heteroatoms. The Morgan fingerprint density at radius 2 is 2.04 bits per heavy atom. The van der Waals surface area contributed by atoms with Crippen molar-refractivity contribution in [3.05, 3.63) is 36.8 Å². The first-order valence-corrected chi connectivity index (χ1v) is 8.83. The number of hydrogen-bond donors (Lipinski definition) is 2. The van der Waals surface area contributed by atoms with Gasteiger partial charge in [0.05, 0.1) is 25.7 Å². The van der Waals surface area contributed by atoms with Crippen LogP contribution in [0.4, 0.5) is 11.6 Å². The third-order valence-electron chi connectivity index (χ3n) is 4.36. The Bertz CT molecular complexity index is 844. The van der Waals surface area contributed by atoms with Gasteiger partial charge in [0.1, 0.15) is 11.3 Å². The highest BCUT2D eigenvalue weighted by molar-refractivity contribution is 5.70. The molecule has 1 aliphatic heterocycles. The van der Waals surface area contributed by atoms with E-state index in [-0.39, 0.29) is 6.23 Å². The molecule has 0 bridgehead atoms. The summed E-state index contributed by atoms with van der Waals surface area (Å²) >= 11 is 0. The standard InChI is InChI=1S/C18H22N6O2/c1-2-16(24-7-9-25-10-8-24)26-14-5-3-13(4-6-14)22-18-19-11-15-17(23-18)21-12-20-15/h3-6,11-12,16H,2,7-10H2,1H3,(H2,19,20,21,22,23). The lowest BCUT2D eigenvalue weighted by molar-refractivity contribution is -0.0468. The summed E-state index contributed by atoms with van der Waals surface area (Å²) in [6, 6.07) is 7.83. The van der Waals surface area contributed by atoms with Crippen molar-refractivity contribution in [1.82, 2.24) is 24.8 Å². The molecule has 1 saturated heterocycles. The van der Waals surface area contributed by atoms with Gasteiger partial charge in [0, 0.05) is 18.8 Å². The largest absolute Gasteiger partial charge is 0.475 e. The van der Waals surface area contributed by atoms with Crippen molar-refractivity contribution in [3.8, 4) is 5.75 Å². The third kappa shape index (κ3) is 3.76. The van der Waals surface area contributed by atoms with Gasteiger partial charge in [-0.3, -0.25) is 4.90 Å². The van der Waals surface area contributed by atoms with Gasteiger partial charge in [0.25, 0.3) is 0 Å². The van der Waals surface area contributed by atoms with Crippen molar-refractivity contribution in [2.75, 3.05) is 31.6 Å². The summed E-state index contributed by atoms with van der Waals surface area (Å²) < 4.78 is 11.6. The van der Waals surface area contributed by atoms with Crippen LogP contribution in [0, 0.1) is 0 Å². The number of ether oxygens (including phenoxy) is 2. The molecule has 4 rings (SSSR count). The van der Waals surface area contributed by atoms with Crippen molar-refractivity contribution in [2.45, 2.75) is 19.6 Å². The molecule has 1 fully saturated rings. The molecule has 0 spiro atoms. The Kier molecular flexibility index (Phi) is 4.94. The minimum atomic E-state index is 0.0723. The highest BCUT2D eigenvalue weighted by Crippen LogP contribution is 2.21. The molecular weight excluding hydrogens is 332 g/mol. The lowest BCUT2D eigenvalue weighted by Crippen LogP contribution is -2.46. The number of anilines is 2. The van der Waals surface area contributed by atoms with E-state index >= 15 is 0 Å². The van der Waals surface area contributed by atoms with E-state index in [1.165, 1.54) is 0 Å². The van der Waals surface area contributed by atoms with Gasteiger partial charge in [-0.25, -0.2) is 9.97 Å². The average Bonchev–Trinajstić information content (AvgIpc) is 3.16. The van der Waals surface area contributed by atoms with E-state index in [9.17, 15) is 0 Å². The van der Waals surface area contributed by atoms with Crippen LogP contribution >= 0.6 is 0 Å². The van der Waals surface area contributed by atoms with Crippen molar-refractivity contribution >= 4 is 22.8 Å². The number of benzene rings is 1. The first-order chi connectivity index (χ1) is 12.8. The number of aromatic amines is 1. The van der Waals surface area contributed by atoms with Crippen LogP contribution in [0.2, 0.25) is 0 Å². The molecule has 0 aliphatic carbocycles. The highest BCUT2D eigenvalue weighted by atomic mass is 16.5. The molecule has 8 nitrogen and oxygen atoms in total. The Morgan fingerprint density at radius 3 is 2.81 bits per heavy atom. The summed E-state index contributed by atoms with van der Waals surface area (Å²) in [5, 5.41) is 3.19. The Balaban J connectivity index is 1.40. The SMILES string of the molecule is CCC(Oc1ccc(Nc2ncc3[nH]cnc3n2)cc1)N1CCOCC1. The fourth-order valence-corrected chi connectivity index (χ4v) is 2.98. The zero-order valence-corrected chi connectivity index (χ0v) is 14.7. The number of fused-ring (bicyclic) bond motifs is 1. The highest BCUT2D eigenvalue weighted by Gasteiger charge is 2.20. The molecule has 0 amide bonds. The van der Waals surface area contributed by atoms with Gasteiger partial charge in [0.2, 0.25) is 5.95 Å². The lowest BCUT2D eigenvalue weighted by atomic mass is 10.3. The number of rotatable bonds is 6. The molecule has 1 aromatic carbocycles. The van der Waals surface area contributed by atoms with E-state index in [0.29, 0.717) is 11.6 Å². The van der Waals surface area contributed by atoms with Crippen LogP contribution in [0.25, 0.3) is 11.2 Å². The number of imidazole rings is 1. The van der Waals surface area contributed by atoms with E-state index in [1.807, 2.05) is 24.3 Å². The van der Waals surface area contributed by atoms with Gasteiger partial charge < -0.3 is 19.8 Å². The monoisotopic (exact) mass is 354 g/mol. The summed E-state index contributed by atoms with van der Waals surface area (Å²) in [5.74, 6) is 1.36. The van der Waals surface area contributed by atoms with Crippen LogP contribution in [-0.4, -0.2) is 57.4 Å². The molecule has 0 radical (unpaired) electrons. The smallest absolute Gasteiger partial charge is 0.229 e. The Morgan fingerprint density at radius 1 is 1.23 bits per heavy atom. The number of aromatic nitrogens is 4. The van der Waals surface area contributed by atoms with E-state index in [1.54, 1.807) is 12.5 Å². The maximum Gasteiger partial charge on any atom is 0.229 e. The Labute approximate surface area is 151 Å². The summed E-state index contributed by atoms with van der Waals surface area (Å²) in [6.07, 6.45) is 4.32. The molecule has 1 aliphatic rings. The van der Waals surface area contributed by atoms with Gasteiger partial charge in [-0.15, -0.1) is 0 Å². The van der Waals surface area contributed by atoms with Crippen LogP contribution in [0.5, 0.6) is 5.75 Å². The summed E-state index contributed by atoms with van der Waals surface area (Å²) in [6.45, 7) is 5.49. The number of H-pyrrole nitrogens is 1. The van der Waals surface area contributed by atoms with Crippen molar-refractivity contribution in [2.24, 2.45) is 0 Å². The van der Waals surface area contributed by atoms with Gasteiger partial charge in [-0.05, 0) is 30.7 Å². The van der Waals surface area contributed by atoms with Gasteiger partial charge in [0.15, 0.2) is 11.9 Å². The van der Waals surface area contributed by atoms with Crippen LogP contribution < -0.4 is 10.1 Å². The maximum atomic E-state index is 6.15. The molecule has 26 heavy (non-hydrogen) atoms. The van der Waals surface area contributed by atoms with E-state index in [4.69, 9.17) is 9.47 Å². The third-order valence-corrected chi connectivity index (χ3v) is 4.36. The topological polar surface area (TPSA) is 88.2 Å². The van der Waals surface area contributed by atoms with E-state index < -0.39 is 0 Å². The molecule has 3 aromatic rings.